The first-order chi connectivity index (χ1) is 9.56. The van der Waals surface area contributed by atoms with Crippen molar-refractivity contribution >= 4 is 11.3 Å². The fourth-order valence-electron chi connectivity index (χ4n) is 3.13. The Morgan fingerprint density at radius 2 is 2.20 bits per heavy atom. The van der Waals surface area contributed by atoms with Crippen LogP contribution in [0.1, 0.15) is 52.1 Å². The van der Waals surface area contributed by atoms with Gasteiger partial charge in [0.15, 0.2) is 0 Å². The predicted octanol–water partition coefficient (Wildman–Crippen LogP) is 3.80. The zero-order chi connectivity index (χ0) is 14.3. The Balaban J connectivity index is 1.81. The van der Waals surface area contributed by atoms with Crippen LogP contribution >= 0.6 is 11.3 Å². The number of benzene rings is 1. The molecule has 0 radical (unpaired) electrons. The zero-order valence-electron chi connectivity index (χ0n) is 12.1. The van der Waals surface area contributed by atoms with E-state index in [9.17, 15) is 5.11 Å². The second kappa shape index (κ2) is 5.19. The quantitative estimate of drug-likeness (QED) is 0.903. The van der Waals surface area contributed by atoms with E-state index in [0.29, 0.717) is 17.8 Å². The Morgan fingerprint density at radius 1 is 1.40 bits per heavy atom. The van der Waals surface area contributed by atoms with Crippen LogP contribution in [0.15, 0.2) is 18.2 Å². The van der Waals surface area contributed by atoms with E-state index < -0.39 is 0 Å². The molecule has 106 valence electrons. The van der Waals surface area contributed by atoms with Crippen LogP contribution < -0.4 is 5.32 Å². The number of rotatable bonds is 3. The molecule has 1 aromatic carbocycles. The van der Waals surface area contributed by atoms with Gasteiger partial charge in [0.2, 0.25) is 0 Å². The molecule has 1 heterocycles. The standard InChI is InChI=1S/C16H20N2OS/c1-9-16(20-11(3)17-9)10(2)18-14-8-7-13-12(14)5-4-6-15(13)19/h4-6,10,14,18-19H,7-8H2,1-3H3. The highest BCUT2D eigenvalue weighted by atomic mass is 32.1. The third-order valence-corrected chi connectivity index (χ3v) is 5.29. The van der Waals surface area contributed by atoms with E-state index >= 15 is 0 Å². The highest BCUT2D eigenvalue weighted by molar-refractivity contribution is 7.11. The molecule has 0 fully saturated rings. The van der Waals surface area contributed by atoms with Gasteiger partial charge in [-0.3, -0.25) is 0 Å². The highest BCUT2D eigenvalue weighted by Gasteiger charge is 2.26. The van der Waals surface area contributed by atoms with Crippen LogP contribution in [0.2, 0.25) is 0 Å². The molecule has 0 saturated carbocycles. The molecule has 2 N–H and O–H groups in total. The smallest absolute Gasteiger partial charge is 0.119 e. The molecule has 2 atom stereocenters. The molecule has 0 bridgehead atoms. The number of phenols is 1. The van der Waals surface area contributed by atoms with Crippen LogP contribution in [0, 0.1) is 13.8 Å². The van der Waals surface area contributed by atoms with Gasteiger partial charge in [0.1, 0.15) is 5.75 Å². The zero-order valence-corrected chi connectivity index (χ0v) is 12.9. The number of thiazole rings is 1. The highest BCUT2D eigenvalue weighted by Crippen LogP contribution is 2.38. The molecule has 0 spiro atoms. The van der Waals surface area contributed by atoms with E-state index in [1.54, 1.807) is 17.4 Å². The summed E-state index contributed by atoms with van der Waals surface area (Å²) in [5.74, 6) is 0.435. The van der Waals surface area contributed by atoms with Crippen molar-refractivity contribution in [3.05, 3.63) is 44.9 Å². The van der Waals surface area contributed by atoms with Gasteiger partial charge in [-0.15, -0.1) is 11.3 Å². The minimum atomic E-state index is 0.291. The molecule has 3 nitrogen and oxygen atoms in total. The summed E-state index contributed by atoms with van der Waals surface area (Å²) in [7, 11) is 0. The van der Waals surface area contributed by atoms with Gasteiger partial charge in [0.05, 0.1) is 10.7 Å². The lowest BCUT2D eigenvalue weighted by Crippen LogP contribution is -2.22. The summed E-state index contributed by atoms with van der Waals surface area (Å²) in [6, 6.07) is 6.45. The maximum Gasteiger partial charge on any atom is 0.119 e. The summed E-state index contributed by atoms with van der Waals surface area (Å²) in [6.07, 6.45) is 2.00. The van der Waals surface area contributed by atoms with Crippen LogP contribution in [-0.2, 0) is 6.42 Å². The van der Waals surface area contributed by atoms with E-state index in [1.165, 1.54) is 10.4 Å². The topological polar surface area (TPSA) is 45.2 Å². The van der Waals surface area contributed by atoms with Crippen molar-refractivity contribution in [1.82, 2.24) is 10.3 Å². The van der Waals surface area contributed by atoms with Crippen LogP contribution in [0.3, 0.4) is 0 Å². The number of aromatic hydroxyl groups is 1. The maximum atomic E-state index is 9.91. The first kappa shape index (κ1) is 13.6. The molecule has 0 aliphatic heterocycles. The fourth-order valence-corrected chi connectivity index (χ4v) is 4.07. The third-order valence-electron chi connectivity index (χ3n) is 4.03. The lowest BCUT2D eigenvalue weighted by molar-refractivity contribution is 0.468. The van der Waals surface area contributed by atoms with Gasteiger partial charge < -0.3 is 10.4 Å². The number of aryl methyl sites for hydroxylation is 2. The molecule has 0 saturated heterocycles. The molecule has 1 aliphatic rings. The first-order valence-corrected chi connectivity index (χ1v) is 7.88. The summed E-state index contributed by atoms with van der Waals surface area (Å²) >= 11 is 1.77. The number of hydrogen-bond donors (Lipinski definition) is 2. The van der Waals surface area contributed by atoms with E-state index in [0.717, 1.165) is 29.1 Å². The predicted molar refractivity (Wildman–Crippen MR) is 82.3 cm³/mol. The molecule has 4 heteroatoms. The van der Waals surface area contributed by atoms with Crippen molar-refractivity contribution in [1.29, 1.82) is 0 Å². The van der Waals surface area contributed by atoms with E-state index in [-0.39, 0.29) is 0 Å². The summed E-state index contributed by atoms with van der Waals surface area (Å²) in [5.41, 5.74) is 3.48. The molecule has 1 aromatic heterocycles. The van der Waals surface area contributed by atoms with Gasteiger partial charge in [0, 0.05) is 17.0 Å². The monoisotopic (exact) mass is 288 g/mol. The summed E-state index contributed by atoms with van der Waals surface area (Å²) < 4.78 is 0. The second-order valence-electron chi connectivity index (χ2n) is 5.51. The number of nitrogens with one attached hydrogen (secondary N) is 1. The van der Waals surface area contributed by atoms with E-state index in [2.05, 4.69) is 37.1 Å². The summed E-state index contributed by atoms with van der Waals surface area (Å²) in [6.45, 7) is 6.32. The van der Waals surface area contributed by atoms with Crippen molar-refractivity contribution in [2.45, 2.75) is 45.7 Å². The average molecular weight is 288 g/mol. The molecule has 3 rings (SSSR count). The lowest BCUT2D eigenvalue weighted by Gasteiger charge is -2.20. The van der Waals surface area contributed by atoms with Crippen molar-refractivity contribution in [2.75, 3.05) is 0 Å². The van der Waals surface area contributed by atoms with Gasteiger partial charge in [-0.25, -0.2) is 4.98 Å². The number of aromatic nitrogens is 1. The number of phenolic OH excluding ortho intramolecular Hbond substituents is 1. The van der Waals surface area contributed by atoms with Gasteiger partial charge in [-0.1, -0.05) is 12.1 Å². The van der Waals surface area contributed by atoms with Gasteiger partial charge >= 0.3 is 0 Å². The van der Waals surface area contributed by atoms with Crippen molar-refractivity contribution in [3.8, 4) is 5.75 Å². The molecule has 20 heavy (non-hydrogen) atoms. The van der Waals surface area contributed by atoms with E-state index in [1.807, 2.05) is 6.07 Å². The number of hydrogen-bond acceptors (Lipinski definition) is 4. The Labute approximate surface area is 123 Å². The molecular formula is C16H20N2OS. The first-order valence-electron chi connectivity index (χ1n) is 7.07. The number of nitrogens with zero attached hydrogens (tertiary/aromatic N) is 1. The SMILES string of the molecule is Cc1nc(C)c(C(C)NC2CCc3c(O)cccc32)s1. The summed E-state index contributed by atoms with van der Waals surface area (Å²) in [4.78, 5) is 5.82. The van der Waals surface area contributed by atoms with E-state index in [4.69, 9.17) is 0 Å². The van der Waals surface area contributed by atoms with Crippen LogP contribution in [0.25, 0.3) is 0 Å². The lowest BCUT2D eigenvalue weighted by atomic mass is 10.1. The molecule has 2 unspecified atom stereocenters. The fraction of sp³-hybridized carbons (Fsp3) is 0.438. The minimum Gasteiger partial charge on any atom is -0.508 e. The van der Waals surface area contributed by atoms with Crippen LogP contribution in [0.5, 0.6) is 5.75 Å². The molecule has 0 amide bonds. The average Bonchev–Trinajstić information content (AvgIpc) is 2.94. The number of fused-ring (bicyclic) bond motifs is 1. The Morgan fingerprint density at radius 3 is 2.90 bits per heavy atom. The van der Waals surface area contributed by atoms with Crippen molar-refractivity contribution in [2.24, 2.45) is 0 Å². The summed E-state index contributed by atoms with van der Waals surface area (Å²) in [5, 5.41) is 14.7. The third kappa shape index (κ3) is 2.34. The van der Waals surface area contributed by atoms with Gasteiger partial charge in [0.25, 0.3) is 0 Å². The van der Waals surface area contributed by atoms with Crippen LogP contribution in [-0.4, -0.2) is 10.1 Å². The maximum absolute atomic E-state index is 9.91. The molecule has 2 aromatic rings. The Hall–Kier alpha value is -1.39. The normalized spacial score (nSPS) is 19.1. The Kier molecular flexibility index (Phi) is 3.52. The van der Waals surface area contributed by atoms with Gasteiger partial charge in [-0.05, 0) is 50.8 Å². The Bertz CT molecular complexity index is 635. The molecular weight excluding hydrogens is 268 g/mol. The van der Waals surface area contributed by atoms with Crippen molar-refractivity contribution < 1.29 is 5.11 Å². The largest absolute Gasteiger partial charge is 0.508 e. The second-order valence-corrected chi connectivity index (χ2v) is 6.74. The minimum absolute atomic E-state index is 0.291. The van der Waals surface area contributed by atoms with Gasteiger partial charge in [-0.2, -0.15) is 0 Å². The van der Waals surface area contributed by atoms with Crippen LogP contribution in [0.4, 0.5) is 0 Å². The molecule has 1 aliphatic carbocycles. The van der Waals surface area contributed by atoms with Crippen molar-refractivity contribution in [3.63, 3.8) is 0 Å².